The van der Waals surface area contributed by atoms with Crippen LogP contribution in [0.5, 0.6) is 11.5 Å². The minimum atomic E-state index is -0.858. The highest BCUT2D eigenvalue weighted by atomic mass is 35.5. The van der Waals surface area contributed by atoms with Crippen LogP contribution in [0.3, 0.4) is 0 Å². The number of benzene rings is 1. The molecule has 1 aromatic heterocycles. The molecule has 1 N–H and O–H groups in total. The summed E-state index contributed by atoms with van der Waals surface area (Å²) in [5, 5.41) is 11.8. The molecule has 5 nitrogen and oxygen atoms in total. The summed E-state index contributed by atoms with van der Waals surface area (Å²) < 4.78 is 11.1. The molecule has 2 rings (SSSR count). The third kappa shape index (κ3) is 5.36. The van der Waals surface area contributed by atoms with Crippen LogP contribution in [0.2, 0.25) is 5.02 Å². The maximum absolute atomic E-state index is 11.6. The first-order valence-electron chi connectivity index (χ1n) is 7.82. The molecule has 1 aromatic carbocycles. The Kier molecular flexibility index (Phi) is 7.11. The van der Waals surface area contributed by atoms with Gasteiger partial charge in [0, 0.05) is 11.4 Å². The molecular formula is C18H22ClNO4S. The number of thiophene rings is 1. The van der Waals surface area contributed by atoms with Crippen molar-refractivity contribution >= 4 is 28.9 Å². The molecule has 0 aliphatic carbocycles. The fraction of sp³-hybridized carbons (Fsp3) is 0.389. The largest absolute Gasteiger partial charge is 0.493 e. The lowest BCUT2D eigenvalue weighted by Crippen LogP contribution is -2.19. The van der Waals surface area contributed by atoms with Crippen LogP contribution in [0.25, 0.3) is 0 Å². The molecule has 0 saturated carbocycles. The maximum atomic E-state index is 11.6. The Balaban J connectivity index is 2.21. The number of carbonyl (C=O) groups is 1. The molecule has 1 atom stereocenters. The number of aliphatic carboxylic acids is 1. The van der Waals surface area contributed by atoms with Gasteiger partial charge in [0.15, 0.2) is 11.5 Å². The molecule has 25 heavy (non-hydrogen) atoms. The van der Waals surface area contributed by atoms with Crippen molar-refractivity contribution < 1.29 is 19.4 Å². The summed E-state index contributed by atoms with van der Waals surface area (Å²) in [5.74, 6) is -0.473. The summed E-state index contributed by atoms with van der Waals surface area (Å²) in [7, 11) is 5.46. The lowest BCUT2D eigenvalue weighted by molar-refractivity contribution is -0.138. The standard InChI is InChI=1S/C18H22ClNO4S/c1-20(2)6-7-24-17-14(19)10-12(11-15(17)23-3)9-13(18(21)22)16-5-4-8-25-16/h4-5,8,10-11,13H,6-7,9H2,1-3H3,(H,21,22). The molecular weight excluding hydrogens is 362 g/mol. The van der Waals surface area contributed by atoms with Crippen LogP contribution < -0.4 is 9.47 Å². The topological polar surface area (TPSA) is 59.0 Å². The van der Waals surface area contributed by atoms with Gasteiger partial charge in [0.25, 0.3) is 0 Å². The van der Waals surface area contributed by atoms with Crippen molar-refractivity contribution in [1.82, 2.24) is 4.90 Å². The van der Waals surface area contributed by atoms with Gasteiger partial charge in [-0.3, -0.25) is 4.79 Å². The average Bonchev–Trinajstić information content (AvgIpc) is 3.07. The van der Waals surface area contributed by atoms with Gasteiger partial charge in [-0.1, -0.05) is 17.7 Å². The SMILES string of the molecule is COc1cc(CC(C(=O)O)c2cccs2)cc(Cl)c1OCCN(C)C. The smallest absolute Gasteiger partial charge is 0.312 e. The molecule has 1 unspecified atom stereocenters. The Hall–Kier alpha value is -1.76. The number of carboxylic acid groups (broad SMARTS) is 1. The Morgan fingerprint density at radius 2 is 2.16 bits per heavy atom. The lowest BCUT2D eigenvalue weighted by Gasteiger charge is -2.17. The number of rotatable bonds is 9. The van der Waals surface area contributed by atoms with Crippen molar-refractivity contribution in [1.29, 1.82) is 0 Å². The number of halogens is 1. The van der Waals surface area contributed by atoms with E-state index in [-0.39, 0.29) is 0 Å². The molecule has 0 radical (unpaired) electrons. The van der Waals surface area contributed by atoms with Crippen LogP contribution in [-0.4, -0.2) is 50.3 Å². The molecule has 1 heterocycles. The monoisotopic (exact) mass is 383 g/mol. The molecule has 0 saturated heterocycles. The Labute approximate surface area is 156 Å². The highest BCUT2D eigenvalue weighted by Gasteiger charge is 2.23. The number of carboxylic acids is 1. The average molecular weight is 384 g/mol. The van der Waals surface area contributed by atoms with Crippen LogP contribution in [0, 0.1) is 0 Å². The number of hydrogen-bond donors (Lipinski definition) is 1. The third-order valence-electron chi connectivity index (χ3n) is 3.70. The summed E-state index contributed by atoms with van der Waals surface area (Å²) >= 11 is 7.79. The zero-order chi connectivity index (χ0) is 18.4. The number of likely N-dealkylation sites (N-methyl/N-ethyl adjacent to an activating group) is 1. The fourth-order valence-electron chi connectivity index (χ4n) is 2.40. The van der Waals surface area contributed by atoms with E-state index in [1.54, 1.807) is 19.2 Å². The van der Waals surface area contributed by atoms with E-state index in [1.807, 2.05) is 36.5 Å². The van der Waals surface area contributed by atoms with E-state index in [0.29, 0.717) is 29.5 Å². The van der Waals surface area contributed by atoms with Gasteiger partial charge >= 0.3 is 5.97 Å². The molecule has 0 aliphatic rings. The predicted molar refractivity (Wildman–Crippen MR) is 100 cm³/mol. The normalized spacial score (nSPS) is 12.2. The molecule has 0 spiro atoms. The van der Waals surface area contributed by atoms with Crippen LogP contribution >= 0.6 is 22.9 Å². The fourth-order valence-corrected chi connectivity index (χ4v) is 3.50. The third-order valence-corrected chi connectivity index (χ3v) is 4.97. The molecule has 0 aliphatic heterocycles. The van der Waals surface area contributed by atoms with E-state index >= 15 is 0 Å². The summed E-state index contributed by atoms with van der Waals surface area (Å²) in [6.07, 6.45) is 0.337. The minimum absolute atomic E-state index is 0.337. The van der Waals surface area contributed by atoms with Crippen molar-refractivity contribution in [3.63, 3.8) is 0 Å². The van der Waals surface area contributed by atoms with Crippen LogP contribution in [0.1, 0.15) is 16.4 Å². The molecule has 0 fully saturated rings. The Morgan fingerprint density at radius 3 is 2.72 bits per heavy atom. The van der Waals surface area contributed by atoms with E-state index in [1.165, 1.54) is 11.3 Å². The number of nitrogens with zero attached hydrogens (tertiary/aromatic N) is 1. The first-order valence-corrected chi connectivity index (χ1v) is 9.08. The van der Waals surface area contributed by atoms with Gasteiger partial charge in [0.2, 0.25) is 0 Å². The van der Waals surface area contributed by atoms with Crippen molar-refractivity contribution in [3.8, 4) is 11.5 Å². The van der Waals surface area contributed by atoms with Crippen molar-refractivity contribution in [2.45, 2.75) is 12.3 Å². The second kappa shape index (κ2) is 9.08. The molecule has 136 valence electrons. The van der Waals surface area contributed by atoms with Crippen molar-refractivity contribution in [3.05, 3.63) is 45.1 Å². The zero-order valence-corrected chi connectivity index (χ0v) is 16.1. The van der Waals surface area contributed by atoms with Gasteiger partial charge in [-0.05, 0) is 49.7 Å². The van der Waals surface area contributed by atoms with E-state index < -0.39 is 11.9 Å². The van der Waals surface area contributed by atoms with E-state index in [9.17, 15) is 9.90 Å². The second-order valence-corrected chi connectivity index (χ2v) is 7.26. The van der Waals surface area contributed by atoms with Crippen molar-refractivity contribution in [2.75, 3.05) is 34.4 Å². The maximum Gasteiger partial charge on any atom is 0.312 e. The van der Waals surface area contributed by atoms with Gasteiger partial charge in [0.05, 0.1) is 18.1 Å². The van der Waals surface area contributed by atoms with E-state index in [4.69, 9.17) is 21.1 Å². The zero-order valence-electron chi connectivity index (χ0n) is 14.5. The van der Waals surface area contributed by atoms with Crippen molar-refractivity contribution in [2.24, 2.45) is 0 Å². The van der Waals surface area contributed by atoms with E-state index in [2.05, 4.69) is 0 Å². The van der Waals surface area contributed by atoms with Gasteiger partial charge in [-0.25, -0.2) is 0 Å². The molecule has 7 heteroatoms. The van der Waals surface area contributed by atoms with Gasteiger partial charge in [-0.15, -0.1) is 11.3 Å². The van der Waals surface area contributed by atoms with Crippen LogP contribution in [0.15, 0.2) is 29.6 Å². The summed E-state index contributed by atoms with van der Waals surface area (Å²) in [6.45, 7) is 1.23. The molecule has 0 amide bonds. The summed E-state index contributed by atoms with van der Waals surface area (Å²) in [6, 6.07) is 7.23. The number of ether oxygens (including phenoxy) is 2. The van der Waals surface area contributed by atoms with Gasteiger partial charge in [-0.2, -0.15) is 0 Å². The quantitative estimate of drug-likeness (QED) is 0.714. The first-order chi connectivity index (χ1) is 11.9. The highest BCUT2D eigenvalue weighted by molar-refractivity contribution is 7.10. The minimum Gasteiger partial charge on any atom is -0.493 e. The first kappa shape index (κ1) is 19.6. The molecule has 2 aromatic rings. The van der Waals surface area contributed by atoms with Gasteiger partial charge in [0.1, 0.15) is 6.61 Å². The Morgan fingerprint density at radius 1 is 1.40 bits per heavy atom. The second-order valence-electron chi connectivity index (χ2n) is 5.87. The summed E-state index contributed by atoms with van der Waals surface area (Å²) in [5.41, 5.74) is 0.794. The van der Waals surface area contributed by atoms with Crippen LogP contribution in [0.4, 0.5) is 0 Å². The lowest BCUT2D eigenvalue weighted by atomic mass is 9.97. The van der Waals surface area contributed by atoms with E-state index in [0.717, 1.165) is 17.0 Å². The van der Waals surface area contributed by atoms with Crippen LogP contribution in [-0.2, 0) is 11.2 Å². The highest BCUT2D eigenvalue weighted by Crippen LogP contribution is 2.38. The number of methoxy groups -OCH3 is 1. The summed E-state index contributed by atoms with van der Waals surface area (Å²) in [4.78, 5) is 14.4. The number of hydrogen-bond acceptors (Lipinski definition) is 5. The molecule has 0 bridgehead atoms. The predicted octanol–water partition coefficient (Wildman–Crippen LogP) is 3.76. The van der Waals surface area contributed by atoms with Gasteiger partial charge < -0.3 is 19.5 Å². The Bertz CT molecular complexity index is 703.